The van der Waals surface area contributed by atoms with Crippen LogP contribution in [-0.4, -0.2) is 36.8 Å². The lowest BCUT2D eigenvalue weighted by Crippen LogP contribution is -2.53. The normalized spacial score (nSPS) is 14.7. The molecule has 0 aromatic rings. The summed E-state index contributed by atoms with van der Waals surface area (Å²) in [7, 11) is 2.00. The van der Waals surface area contributed by atoms with Crippen LogP contribution in [0.25, 0.3) is 0 Å². The van der Waals surface area contributed by atoms with Gasteiger partial charge in [-0.3, -0.25) is 0 Å². The van der Waals surface area contributed by atoms with Gasteiger partial charge in [0.05, 0.1) is 20.6 Å². The smallest absolute Gasteiger partial charge is 0.318 e. The number of allylic oxidation sites excluding steroid dienone is 2. The second kappa shape index (κ2) is 22.2. The molecule has 33 heavy (non-hydrogen) atoms. The van der Waals surface area contributed by atoms with Crippen LogP contribution in [0, 0.1) is 0 Å². The van der Waals surface area contributed by atoms with E-state index in [4.69, 9.17) is 0 Å². The van der Waals surface area contributed by atoms with E-state index in [2.05, 4.69) is 40.1 Å². The van der Waals surface area contributed by atoms with E-state index in [1.165, 1.54) is 109 Å². The van der Waals surface area contributed by atoms with Crippen molar-refractivity contribution in [1.82, 2.24) is 0 Å². The Balaban J connectivity index is 3.55. The standard InChI is InChI=1S/C29H59NO2P/c1-6-8-9-10-11-12-13-14-15-16-17-18-19-20-21-22-23-24-25-26-27-29(28(3)33(31)32)30(4,5)7-2/h17-18,28-29H,6-16,19-27H2,1-5H3/q+1/b18-17-. The monoisotopic (exact) mass is 484 g/mol. The maximum atomic E-state index is 11.5. The molecular weight excluding hydrogens is 425 g/mol. The number of hydrogen-bond donors (Lipinski definition) is 0. The summed E-state index contributed by atoms with van der Waals surface area (Å²) in [6.07, 6.45) is 30.1. The zero-order chi connectivity index (χ0) is 24.8. The molecule has 0 aromatic carbocycles. The lowest BCUT2D eigenvalue weighted by Gasteiger charge is -2.37. The average Bonchev–Trinajstić information content (AvgIpc) is 2.79. The molecule has 0 amide bonds. The lowest BCUT2D eigenvalue weighted by molar-refractivity contribution is -0.913. The van der Waals surface area contributed by atoms with Crippen LogP contribution in [0.15, 0.2) is 12.2 Å². The Hall–Kier alpha value is -0.240. The van der Waals surface area contributed by atoms with Crippen molar-refractivity contribution in [2.45, 2.75) is 154 Å². The molecule has 0 bridgehead atoms. The highest BCUT2D eigenvalue weighted by molar-refractivity contribution is 7.37. The van der Waals surface area contributed by atoms with Crippen LogP contribution < -0.4 is 4.89 Å². The summed E-state index contributed by atoms with van der Waals surface area (Å²) in [6.45, 7) is 7.31. The summed E-state index contributed by atoms with van der Waals surface area (Å²) in [5.74, 6) is 0. The molecule has 196 valence electrons. The second-order valence-electron chi connectivity index (χ2n) is 10.8. The van der Waals surface area contributed by atoms with Gasteiger partial charge < -0.3 is 9.38 Å². The third-order valence-electron chi connectivity index (χ3n) is 7.61. The van der Waals surface area contributed by atoms with E-state index in [0.29, 0.717) is 0 Å². The van der Waals surface area contributed by atoms with Gasteiger partial charge in [0.2, 0.25) is 5.66 Å². The maximum Gasteiger partial charge on any atom is 0.318 e. The van der Waals surface area contributed by atoms with E-state index < -0.39 is 8.03 Å². The summed E-state index contributed by atoms with van der Waals surface area (Å²) in [4.78, 5) is 11.5. The van der Waals surface area contributed by atoms with Crippen LogP contribution in [0.1, 0.15) is 143 Å². The molecule has 0 saturated heterocycles. The van der Waals surface area contributed by atoms with Crippen molar-refractivity contribution in [1.29, 1.82) is 0 Å². The van der Waals surface area contributed by atoms with Crippen molar-refractivity contribution in [3.63, 3.8) is 0 Å². The molecule has 3 atom stereocenters. The Bertz CT molecular complexity index is 478. The highest BCUT2D eigenvalue weighted by Crippen LogP contribution is 2.30. The van der Waals surface area contributed by atoms with E-state index in [0.717, 1.165) is 23.9 Å². The van der Waals surface area contributed by atoms with Gasteiger partial charge in [0.15, 0.2) is 0 Å². The van der Waals surface area contributed by atoms with E-state index in [1.54, 1.807) is 0 Å². The van der Waals surface area contributed by atoms with Gasteiger partial charge in [-0.15, -0.1) is 0 Å². The molecule has 0 aliphatic carbocycles. The molecule has 0 N–H and O–H groups in total. The van der Waals surface area contributed by atoms with Crippen molar-refractivity contribution in [3.05, 3.63) is 12.2 Å². The van der Waals surface area contributed by atoms with Crippen molar-refractivity contribution in [2.75, 3.05) is 20.6 Å². The van der Waals surface area contributed by atoms with Gasteiger partial charge in [-0.1, -0.05) is 107 Å². The third-order valence-corrected chi connectivity index (χ3v) is 8.62. The van der Waals surface area contributed by atoms with E-state index in [9.17, 15) is 9.46 Å². The first-order chi connectivity index (χ1) is 15.9. The van der Waals surface area contributed by atoms with Crippen LogP contribution in [0.4, 0.5) is 0 Å². The minimum absolute atomic E-state index is 0.221. The van der Waals surface area contributed by atoms with Gasteiger partial charge >= 0.3 is 8.03 Å². The fourth-order valence-electron chi connectivity index (χ4n) is 4.86. The van der Waals surface area contributed by atoms with Gasteiger partial charge in [0.1, 0.15) is 6.04 Å². The van der Waals surface area contributed by atoms with Crippen molar-refractivity contribution < 1.29 is 13.9 Å². The molecular formula is C29H59NO2P+. The van der Waals surface area contributed by atoms with Gasteiger partial charge in [-0.2, -0.15) is 0 Å². The number of unbranched alkanes of at least 4 members (excludes halogenated alkanes) is 16. The summed E-state index contributed by atoms with van der Waals surface area (Å²) in [5, 5.41) is 0. The molecule has 0 aliphatic rings. The molecule has 0 saturated carbocycles. The van der Waals surface area contributed by atoms with Crippen molar-refractivity contribution >= 4 is 8.03 Å². The van der Waals surface area contributed by atoms with Gasteiger partial charge in [0, 0.05) is 6.42 Å². The number of nitrogens with zero attached hydrogens (tertiary/aromatic N) is 1. The van der Waals surface area contributed by atoms with Gasteiger partial charge in [-0.25, -0.2) is 0 Å². The summed E-state index contributed by atoms with van der Waals surface area (Å²) in [5.41, 5.74) is -0.233. The molecule has 0 heterocycles. The SMILES string of the molecule is CCCCCCCCCCC/C=C\CCCCCCCCCC(C(C)[P+](=O)[O-])[N+](C)(C)CC. The molecule has 0 aromatic heterocycles. The second-order valence-corrected chi connectivity index (χ2v) is 12.2. The maximum absolute atomic E-state index is 11.5. The van der Waals surface area contributed by atoms with E-state index in [1.807, 2.05) is 6.92 Å². The largest absolute Gasteiger partial charge is 0.595 e. The van der Waals surface area contributed by atoms with E-state index in [-0.39, 0.29) is 11.7 Å². The molecule has 0 radical (unpaired) electrons. The summed E-state index contributed by atoms with van der Waals surface area (Å²) >= 11 is 0. The number of hydrogen-bond acceptors (Lipinski definition) is 2. The van der Waals surface area contributed by atoms with Crippen LogP contribution >= 0.6 is 8.03 Å². The Labute approximate surface area is 209 Å². The Kier molecular flexibility index (Phi) is 22.1. The van der Waals surface area contributed by atoms with Crippen LogP contribution in [-0.2, 0) is 4.57 Å². The molecule has 3 nitrogen and oxygen atoms in total. The molecule has 4 heteroatoms. The zero-order valence-corrected chi connectivity index (χ0v) is 24.1. The minimum atomic E-state index is -2.34. The molecule has 0 spiro atoms. The Morgan fingerprint density at radius 2 is 1.09 bits per heavy atom. The predicted molar refractivity (Wildman–Crippen MR) is 146 cm³/mol. The highest BCUT2D eigenvalue weighted by atomic mass is 31.1. The van der Waals surface area contributed by atoms with Crippen LogP contribution in [0.3, 0.4) is 0 Å². The van der Waals surface area contributed by atoms with Crippen LogP contribution in [0.5, 0.6) is 0 Å². The van der Waals surface area contributed by atoms with E-state index >= 15 is 0 Å². The number of quaternary nitrogens is 1. The van der Waals surface area contributed by atoms with Gasteiger partial charge in [-0.05, 0) is 46.0 Å². The quantitative estimate of drug-likeness (QED) is 0.0593. The van der Waals surface area contributed by atoms with Crippen LogP contribution in [0.2, 0.25) is 0 Å². The Morgan fingerprint density at radius 3 is 1.48 bits per heavy atom. The summed E-state index contributed by atoms with van der Waals surface area (Å²) in [6, 6.07) is 0.221. The topological polar surface area (TPSA) is 40.1 Å². The molecule has 0 fully saturated rings. The zero-order valence-electron chi connectivity index (χ0n) is 23.2. The average molecular weight is 485 g/mol. The first kappa shape index (κ1) is 32.8. The molecule has 0 aliphatic heterocycles. The van der Waals surface area contributed by atoms with Crippen molar-refractivity contribution in [2.24, 2.45) is 0 Å². The fraction of sp³-hybridized carbons (Fsp3) is 0.931. The summed E-state index contributed by atoms with van der Waals surface area (Å²) < 4.78 is 12.3. The molecule has 0 rings (SSSR count). The third kappa shape index (κ3) is 18.7. The minimum Gasteiger partial charge on any atom is -0.595 e. The van der Waals surface area contributed by atoms with Gasteiger partial charge in [0.25, 0.3) is 0 Å². The first-order valence-electron chi connectivity index (χ1n) is 14.5. The highest BCUT2D eigenvalue weighted by Gasteiger charge is 2.38. The van der Waals surface area contributed by atoms with Crippen molar-refractivity contribution in [3.8, 4) is 0 Å². The number of rotatable bonds is 24. The predicted octanol–water partition coefficient (Wildman–Crippen LogP) is 8.93. The molecule has 3 unspecified atom stereocenters. The fourth-order valence-corrected chi connectivity index (χ4v) is 5.65. The lowest BCUT2D eigenvalue weighted by atomic mass is 10.0. The Morgan fingerprint density at radius 1 is 0.697 bits per heavy atom. The first-order valence-corrected chi connectivity index (χ1v) is 15.7.